The fourth-order valence-electron chi connectivity index (χ4n) is 2.63. The SMILES string of the molecule is O=C(CCC12OC1(C(=O)O)O2)OC1CCCCC1. The number of aliphatic carboxylic acids is 1. The number of epoxide rings is 2. The zero-order valence-corrected chi connectivity index (χ0v) is 10.0. The van der Waals surface area contributed by atoms with Gasteiger partial charge >= 0.3 is 17.7 Å². The minimum atomic E-state index is -1.45. The molecule has 0 spiro atoms. The molecule has 0 aromatic heterocycles. The van der Waals surface area contributed by atoms with Crippen LogP contribution < -0.4 is 0 Å². The van der Waals surface area contributed by atoms with Gasteiger partial charge in [0, 0.05) is 6.42 Å². The van der Waals surface area contributed by atoms with Crippen molar-refractivity contribution in [3.8, 4) is 0 Å². The molecule has 2 saturated heterocycles. The zero-order chi connectivity index (χ0) is 12.8. The van der Waals surface area contributed by atoms with E-state index in [4.69, 9.17) is 19.3 Å². The number of carboxylic acids is 1. The van der Waals surface area contributed by atoms with E-state index in [1.807, 2.05) is 0 Å². The third-order valence-electron chi connectivity index (χ3n) is 3.83. The third kappa shape index (κ3) is 1.80. The Hall–Kier alpha value is -1.14. The monoisotopic (exact) mass is 256 g/mol. The summed E-state index contributed by atoms with van der Waals surface area (Å²) < 4.78 is 15.2. The van der Waals surface area contributed by atoms with E-state index >= 15 is 0 Å². The standard InChI is InChI=1S/C12H16O6/c13-9(16-8-4-2-1-3-5-8)6-7-11-12(17-11,18-11)10(14)15/h8H,1-7H2,(H,14,15). The number of esters is 1. The summed E-state index contributed by atoms with van der Waals surface area (Å²) >= 11 is 0. The number of carbonyl (C=O) groups is 2. The van der Waals surface area contributed by atoms with Gasteiger partial charge in [0.1, 0.15) is 6.10 Å². The molecule has 0 aromatic rings. The molecule has 100 valence electrons. The highest BCUT2D eigenvalue weighted by Gasteiger charge is 2.95. The summed E-state index contributed by atoms with van der Waals surface area (Å²) in [5, 5.41) is 8.78. The molecule has 18 heavy (non-hydrogen) atoms. The van der Waals surface area contributed by atoms with Gasteiger partial charge in [0.25, 0.3) is 0 Å². The van der Waals surface area contributed by atoms with E-state index in [9.17, 15) is 9.59 Å². The molecule has 2 heterocycles. The molecule has 0 bridgehead atoms. The van der Waals surface area contributed by atoms with Gasteiger partial charge in [-0.05, 0) is 25.7 Å². The van der Waals surface area contributed by atoms with Gasteiger partial charge in [-0.25, -0.2) is 4.79 Å². The molecule has 6 heteroatoms. The minimum absolute atomic E-state index is 0.0354. The van der Waals surface area contributed by atoms with Gasteiger partial charge in [0.05, 0.1) is 6.42 Å². The first kappa shape index (κ1) is 11.9. The lowest BCUT2D eigenvalue weighted by molar-refractivity contribution is -0.167. The van der Waals surface area contributed by atoms with Crippen molar-refractivity contribution in [2.24, 2.45) is 0 Å². The van der Waals surface area contributed by atoms with Crippen molar-refractivity contribution in [2.75, 3.05) is 0 Å². The predicted octanol–water partition coefficient (Wildman–Crippen LogP) is 1.18. The molecule has 1 aliphatic carbocycles. The zero-order valence-electron chi connectivity index (χ0n) is 10.0. The Morgan fingerprint density at radius 1 is 1.22 bits per heavy atom. The second-order valence-electron chi connectivity index (χ2n) is 5.13. The van der Waals surface area contributed by atoms with Crippen LogP contribution in [0.25, 0.3) is 0 Å². The molecule has 0 radical (unpaired) electrons. The lowest BCUT2D eigenvalue weighted by Gasteiger charge is -2.21. The summed E-state index contributed by atoms with van der Waals surface area (Å²) in [6.45, 7) is 0. The highest BCUT2D eigenvalue weighted by atomic mass is 17.1. The van der Waals surface area contributed by atoms with Crippen molar-refractivity contribution in [2.45, 2.75) is 62.6 Å². The average Bonchev–Trinajstić information content (AvgIpc) is 3.14. The Kier molecular flexibility index (Phi) is 2.60. The molecule has 0 atom stereocenters. The molecule has 2 aliphatic heterocycles. The molecular weight excluding hydrogens is 240 g/mol. The van der Waals surface area contributed by atoms with E-state index in [1.54, 1.807) is 0 Å². The molecule has 3 fully saturated rings. The Labute approximate surface area is 104 Å². The Morgan fingerprint density at radius 3 is 2.44 bits per heavy atom. The van der Waals surface area contributed by atoms with Crippen molar-refractivity contribution >= 4 is 11.9 Å². The molecule has 6 nitrogen and oxygen atoms in total. The van der Waals surface area contributed by atoms with Crippen molar-refractivity contribution in [1.29, 1.82) is 0 Å². The van der Waals surface area contributed by atoms with Crippen LogP contribution in [0.1, 0.15) is 44.9 Å². The number of rotatable bonds is 5. The topological polar surface area (TPSA) is 88.7 Å². The van der Waals surface area contributed by atoms with Crippen LogP contribution in [-0.2, 0) is 23.8 Å². The molecule has 1 saturated carbocycles. The summed E-state index contributed by atoms with van der Waals surface area (Å²) in [4.78, 5) is 22.3. The minimum Gasteiger partial charge on any atom is -0.477 e. The molecule has 3 aliphatic rings. The van der Waals surface area contributed by atoms with Crippen LogP contribution >= 0.6 is 0 Å². The van der Waals surface area contributed by atoms with Crippen molar-refractivity contribution < 1.29 is 28.9 Å². The normalized spacial score (nSPS) is 37.8. The highest BCUT2D eigenvalue weighted by molar-refractivity contribution is 5.85. The summed E-state index contributed by atoms with van der Waals surface area (Å²) in [5.41, 5.74) is 0. The highest BCUT2D eigenvalue weighted by Crippen LogP contribution is 2.69. The molecule has 1 N–H and O–H groups in total. The molecule has 3 rings (SSSR count). The maximum Gasteiger partial charge on any atom is 0.370 e. The van der Waals surface area contributed by atoms with E-state index in [0.717, 1.165) is 25.7 Å². The Morgan fingerprint density at radius 2 is 1.89 bits per heavy atom. The fourth-order valence-corrected chi connectivity index (χ4v) is 2.63. The van der Waals surface area contributed by atoms with Crippen LogP contribution in [0.2, 0.25) is 0 Å². The van der Waals surface area contributed by atoms with E-state index in [2.05, 4.69) is 0 Å². The average molecular weight is 256 g/mol. The lowest BCUT2D eigenvalue weighted by atomic mass is 9.98. The van der Waals surface area contributed by atoms with Crippen LogP contribution in [0.4, 0.5) is 0 Å². The maximum atomic E-state index is 11.6. The van der Waals surface area contributed by atoms with E-state index < -0.39 is 17.5 Å². The van der Waals surface area contributed by atoms with Crippen LogP contribution in [0, 0.1) is 0 Å². The maximum absolute atomic E-state index is 11.6. The first-order valence-corrected chi connectivity index (χ1v) is 6.41. The molecular formula is C12H16O6. The first-order chi connectivity index (χ1) is 8.58. The van der Waals surface area contributed by atoms with Gasteiger partial charge in [-0.15, -0.1) is 0 Å². The quantitative estimate of drug-likeness (QED) is 0.587. The number of fused-ring (bicyclic) bond motifs is 1. The first-order valence-electron chi connectivity index (χ1n) is 6.41. The van der Waals surface area contributed by atoms with Gasteiger partial charge in [0.15, 0.2) is 0 Å². The Balaban J connectivity index is 1.39. The van der Waals surface area contributed by atoms with E-state index in [-0.39, 0.29) is 24.9 Å². The number of carbonyl (C=O) groups excluding carboxylic acids is 1. The second-order valence-corrected chi connectivity index (χ2v) is 5.13. The number of hydrogen-bond acceptors (Lipinski definition) is 5. The van der Waals surface area contributed by atoms with Crippen LogP contribution in [-0.4, -0.2) is 34.7 Å². The largest absolute Gasteiger partial charge is 0.477 e. The number of ether oxygens (including phenoxy) is 3. The number of carboxylic acid groups (broad SMARTS) is 1. The summed E-state index contributed by atoms with van der Waals surface area (Å²) in [6.07, 6.45) is 5.72. The van der Waals surface area contributed by atoms with Gasteiger partial charge in [-0.1, -0.05) is 6.42 Å². The molecule has 0 unspecified atom stereocenters. The van der Waals surface area contributed by atoms with Gasteiger partial charge < -0.3 is 9.84 Å². The van der Waals surface area contributed by atoms with Gasteiger partial charge in [-0.2, -0.15) is 0 Å². The second kappa shape index (κ2) is 3.93. The van der Waals surface area contributed by atoms with Gasteiger partial charge in [-0.3, -0.25) is 14.3 Å². The fraction of sp³-hybridized carbons (Fsp3) is 0.833. The van der Waals surface area contributed by atoms with E-state index in [1.165, 1.54) is 6.42 Å². The van der Waals surface area contributed by atoms with E-state index in [0.29, 0.717) is 0 Å². The van der Waals surface area contributed by atoms with Crippen LogP contribution in [0.3, 0.4) is 0 Å². The summed E-state index contributed by atoms with van der Waals surface area (Å²) in [5.74, 6) is -3.90. The summed E-state index contributed by atoms with van der Waals surface area (Å²) in [6, 6.07) is 0. The lowest BCUT2D eigenvalue weighted by Crippen LogP contribution is -2.21. The Bertz CT molecular complexity index is 378. The van der Waals surface area contributed by atoms with Crippen molar-refractivity contribution in [3.05, 3.63) is 0 Å². The van der Waals surface area contributed by atoms with Crippen molar-refractivity contribution in [3.63, 3.8) is 0 Å². The number of hydrogen-bond donors (Lipinski definition) is 1. The third-order valence-corrected chi connectivity index (χ3v) is 3.83. The van der Waals surface area contributed by atoms with Gasteiger partial charge in [0.2, 0.25) is 5.79 Å². The smallest absolute Gasteiger partial charge is 0.370 e. The predicted molar refractivity (Wildman–Crippen MR) is 57.5 cm³/mol. The summed E-state index contributed by atoms with van der Waals surface area (Å²) in [7, 11) is 0. The van der Waals surface area contributed by atoms with Crippen molar-refractivity contribution in [1.82, 2.24) is 0 Å². The van der Waals surface area contributed by atoms with Crippen LogP contribution in [0.15, 0.2) is 0 Å². The van der Waals surface area contributed by atoms with Crippen LogP contribution in [0.5, 0.6) is 0 Å². The molecule has 0 aromatic carbocycles. The molecule has 0 amide bonds.